The molecule has 1 amide bonds. The summed E-state index contributed by atoms with van der Waals surface area (Å²) in [6.07, 6.45) is 3.41. The lowest BCUT2D eigenvalue weighted by Crippen LogP contribution is -2.44. The second kappa shape index (κ2) is 5.24. The maximum Gasteiger partial charge on any atom is 0.256 e. The third-order valence-electron chi connectivity index (χ3n) is 4.33. The van der Waals surface area contributed by atoms with E-state index in [2.05, 4.69) is 5.32 Å². The van der Waals surface area contributed by atoms with E-state index in [1.807, 2.05) is 4.90 Å². The Morgan fingerprint density at radius 2 is 2.05 bits per heavy atom. The minimum Gasteiger partial charge on any atom is -0.339 e. The highest BCUT2D eigenvalue weighted by atomic mass is 35.5. The molecular weight excluding hydrogens is 303 g/mol. The van der Waals surface area contributed by atoms with Gasteiger partial charge in [-0.15, -0.1) is 11.3 Å². The Hall–Kier alpha value is -0.290. The van der Waals surface area contributed by atoms with Crippen LogP contribution in [-0.2, 0) is 0 Å². The van der Waals surface area contributed by atoms with Crippen molar-refractivity contribution in [2.45, 2.75) is 19.3 Å². The van der Waals surface area contributed by atoms with Crippen LogP contribution in [-0.4, -0.2) is 37.0 Å². The van der Waals surface area contributed by atoms with Crippen LogP contribution >= 0.6 is 34.5 Å². The van der Waals surface area contributed by atoms with Crippen molar-refractivity contribution in [3.8, 4) is 0 Å². The van der Waals surface area contributed by atoms with Gasteiger partial charge >= 0.3 is 0 Å². The van der Waals surface area contributed by atoms with Gasteiger partial charge in [0.25, 0.3) is 5.91 Å². The molecule has 0 radical (unpaired) electrons. The number of carbonyl (C=O) groups is 1. The molecule has 104 valence electrons. The first-order valence-corrected chi connectivity index (χ1v) is 8.12. The van der Waals surface area contributed by atoms with Crippen LogP contribution < -0.4 is 5.32 Å². The second-order valence-electron chi connectivity index (χ2n) is 5.46. The van der Waals surface area contributed by atoms with Crippen molar-refractivity contribution in [3.05, 3.63) is 20.3 Å². The molecule has 1 aromatic heterocycles. The van der Waals surface area contributed by atoms with Crippen molar-refractivity contribution in [1.82, 2.24) is 10.2 Å². The summed E-state index contributed by atoms with van der Waals surface area (Å²) in [6, 6.07) is 1.68. The normalized spacial score (nSPS) is 22.1. The lowest BCUT2D eigenvalue weighted by atomic mass is 9.78. The number of hydrogen-bond acceptors (Lipinski definition) is 3. The van der Waals surface area contributed by atoms with E-state index in [1.165, 1.54) is 17.8 Å². The van der Waals surface area contributed by atoms with Gasteiger partial charge in [-0.25, -0.2) is 0 Å². The zero-order valence-corrected chi connectivity index (χ0v) is 12.9. The average molecular weight is 319 g/mol. The number of halogens is 2. The fraction of sp³-hybridized carbons (Fsp3) is 0.615. The van der Waals surface area contributed by atoms with Crippen molar-refractivity contribution in [1.29, 1.82) is 0 Å². The summed E-state index contributed by atoms with van der Waals surface area (Å²) in [5.74, 6) is 0.0222. The van der Waals surface area contributed by atoms with Crippen LogP contribution in [0.25, 0.3) is 0 Å². The van der Waals surface area contributed by atoms with Crippen LogP contribution in [0.3, 0.4) is 0 Å². The molecule has 2 fully saturated rings. The summed E-state index contributed by atoms with van der Waals surface area (Å²) in [7, 11) is 0. The van der Waals surface area contributed by atoms with E-state index in [1.54, 1.807) is 6.07 Å². The number of carbonyl (C=O) groups excluding carboxylic acids is 1. The lowest BCUT2D eigenvalue weighted by molar-refractivity contribution is 0.0608. The molecular formula is C13H16Cl2N2OS. The average Bonchev–Trinajstić information content (AvgIpc) is 2.97. The SMILES string of the molecule is O=C(c1cc(Cl)sc1Cl)N1CCC2(CCNC2)CC1. The van der Waals surface area contributed by atoms with E-state index < -0.39 is 0 Å². The van der Waals surface area contributed by atoms with Gasteiger partial charge in [-0.3, -0.25) is 4.79 Å². The van der Waals surface area contributed by atoms with Crippen LogP contribution in [0, 0.1) is 5.41 Å². The van der Waals surface area contributed by atoms with Crippen LogP contribution in [0.15, 0.2) is 6.07 Å². The van der Waals surface area contributed by atoms with Gasteiger partial charge in [0.05, 0.1) is 9.90 Å². The third-order valence-corrected chi connectivity index (χ3v) is 5.82. The van der Waals surface area contributed by atoms with Gasteiger partial charge in [-0.1, -0.05) is 23.2 Å². The monoisotopic (exact) mass is 318 g/mol. The van der Waals surface area contributed by atoms with Crippen LogP contribution in [0.4, 0.5) is 0 Å². The first kappa shape index (κ1) is 13.7. The topological polar surface area (TPSA) is 32.3 Å². The zero-order chi connectivity index (χ0) is 13.5. The van der Waals surface area contributed by atoms with Gasteiger partial charge in [-0.05, 0) is 37.3 Å². The predicted octanol–water partition coefficient (Wildman–Crippen LogP) is 3.27. The van der Waals surface area contributed by atoms with Crippen LogP contribution in [0.2, 0.25) is 8.67 Å². The summed E-state index contributed by atoms with van der Waals surface area (Å²) in [5.41, 5.74) is 0.976. The number of nitrogens with zero attached hydrogens (tertiary/aromatic N) is 1. The zero-order valence-electron chi connectivity index (χ0n) is 10.5. The highest BCUT2D eigenvalue weighted by Crippen LogP contribution is 2.38. The molecule has 0 saturated carbocycles. The van der Waals surface area contributed by atoms with Crippen molar-refractivity contribution in [2.75, 3.05) is 26.2 Å². The predicted molar refractivity (Wildman–Crippen MR) is 79.4 cm³/mol. The Balaban J connectivity index is 1.68. The number of rotatable bonds is 1. The van der Waals surface area contributed by atoms with Crippen molar-refractivity contribution >= 4 is 40.4 Å². The number of hydrogen-bond donors (Lipinski definition) is 1. The quantitative estimate of drug-likeness (QED) is 0.862. The van der Waals surface area contributed by atoms with Crippen LogP contribution in [0.1, 0.15) is 29.6 Å². The molecule has 3 heterocycles. The van der Waals surface area contributed by atoms with Crippen molar-refractivity contribution < 1.29 is 4.79 Å². The minimum absolute atomic E-state index is 0.0222. The highest BCUT2D eigenvalue weighted by molar-refractivity contribution is 7.20. The maximum absolute atomic E-state index is 12.4. The Morgan fingerprint density at radius 1 is 1.32 bits per heavy atom. The maximum atomic E-state index is 12.4. The lowest BCUT2D eigenvalue weighted by Gasteiger charge is -2.38. The second-order valence-corrected chi connectivity index (χ2v) is 7.74. The molecule has 1 aromatic rings. The Bertz CT molecular complexity index is 487. The first-order chi connectivity index (χ1) is 9.10. The number of thiophene rings is 1. The molecule has 6 heteroatoms. The highest BCUT2D eigenvalue weighted by Gasteiger charge is 2.38. The van der Waals surface area contributed by atoms with Gasteiger partial charge < -0.3 is 10.2 Å². The number of likely N-dealkylation sites (tertiary alicyclic amines) is 1. The summed E-state index contributed by atoms with van der Waals surface area (Å²) in [5, 5.41) is 3.43. The largest absolute Gasteiger partial charge is 0.339 e. The molecule has 3 rings (SSSR count). The Morgan fingerprint density at radius 3 is 2.58 bits per heavy atom. The molecule has 1 spiro atoms. The third kappa shape index (κ3) is 2.64. The molecule has 0 aromatic carbocycles. The molecule has 2 aliphatic heterocycles. The van der Waals surface area contributed by atoms with Gasteiger partial charge in [-0.2, -0.15) is 0 Å². The van der Waals surface area contributed by atoms with E-state index in [-0.39, 0.29) is 5.91 Å². The summed E-state index contributed by atoms with van der Waals surface area (Å²) in [6.45, 7) is 3.86. The number of nitrogens with one attached hydrogen (secondary N) is 1. The molecule has 0 atom stereocenters. The van der Waals surface area contributed by atoms with E-state index in [0.717, 1.165) is 39.0 Å². The summed E-state index contributed by atoms with van der Waals surface area (Å²) < 4.78 is 1.07. The summed E-state index contributed by atoms with van der Waals surface area (Å²) >= 11 is 13.2. The summed E-state index contributed by atoms with van der Waals surface area (Å²) in [4.78, 5) is 14.3. The van der Waals surface area contributed by atoms with Gasteiger partial charge in [0.2, 0.25) is 0 Å². The van der Waals surface area contributed by atoms with Gasteiger partial charge in [0.1, 0.15) is 4.34 Å². The van der Waals surface area contributed by atoms with Crippen molar-refractivity contribution in [2.24, 2.45) is 5.41 Å². The molecule has 2 saturated heterocycles. The molecule has 3 nitrogen and oxygen atoms in total. The first-order valence-electron chi connectivity index (χ1n) is 6.55. The Kier molecular flexibility index (Phi) is 3.78. The fourth-order valence-electron chi connectivity index (χ4n) is 3.06. The molecule has 2 aliphatic rings. The molecule has 0 bridgehead atoms. The van der Waals surface area contributed by atoms with Crippen molar-refractivity contribution in [3.63, 3.8) is 0 Å². The van der Waals surface area contributed by atoms with E-state index >= 15 is 0 Å². The van der Waals surface area contributed by atoms with E-state index in [0.29, 0.717) is 19.7 Å². The standard InChI is InChI=1S/C13H16Cl2N2OS/c14-10-7-9(11(15)19-10)12(18)17-5-2-13(3-6-17)1-4-16-8-13/h7,16H,1-6,8H2. The van der Waals surface area contributed by atoms with E-state index in [4.69, 9.17) is 23.2 Å². The number of piperidine rings is 1. The van der Waals surface area contributed by atoms with Gasteiger partial charge in [0.15, 0.2) is 0 Å². The number of amides is 1. The molecule has 0 unspecified atom stereocenters. The molecule has 1 N–H and O–H groups in total. The Labute approximate surface area is 126 Å². The molecule has 0 aliphatic carbocycles. The smallest absolute Gasteiger partial charge is 0.256 e. The van der Waals surface area contributed by atoms with Crippen LogP contribution in [0.5, 0.6) is 0 Å². The molecule has 19 heavy (non-hydrogen) atoms. The van der Waals surface area contributed by atoms with Gasteiger partial charge in [0, 0.05) is 19.6 Å². The minimum atomic E-state index is 0.0222. The van der Waals surface area contributed by atoms with E-state index in [9.17, 15) is 4.79 Å². The fourth-order valence-corrected chi connectivity index (χ4v) is 4.51.